The van der Waals surface area contributed by atoms with E-state index in [0.29, 0.717) is 6.29 Å². The molecule has 1 unspecified atom stereocenters. The Labute approximate surface area is 82.1 Å². The van der Waals surface area contributed by atoms with Gasteiger partial charge in [0, 0.05) is 0 Å². The minimum atomic E-state index is -0.712. The number of hydrogen-bond acceptors (Lipinski definition) is 3. The van der Waals surface area contributed by atoms with Crippen molar-refractivity contribution < 1.29 is 9.59 Å². The van der Waals surface area contributed by atoms with Crippen LogP contribution in [0.5, 0.6) is 0 Å². The molecule has 74 valence electrons. The molecule has 0 saturated carbocycles. The quantitative estimate of drug-likeness (QED) is 0.659. The molecule has 1 atom stereocenters. The van der Waals surface area contributed by atoms with Gasteiger partial charge >= 0.3 is 0 Å². The second-order valence-electron chi connectivity index (χ2n) is 2.80. The lowest BCUT2D eigenvalue weighted by Gasteiger charge is -2.10. The van der Waals surface area contributed by atoms with Gasteiger partial charge in [-0.05, 0) is 5.56 Å². The van der Waals surface area contributed by atoms with E-state index >= 15 is 0 Å². The fraction of sp³-hybridized carbons (Fsp3) is 0.200. The largest absolute Gasteiger partial charge is 0.348 e. The second kappa shape index (κ2) is 5.14. The molecule has 3 N–H and O–H groups in total. The molecule has 1 aromatic carbocycles. The summed E-state index contributed by atoms with van der Waals surface area (Å²) in [6.45, 7) is -0.000628. The summed E-state index contributed by atoms with van der Waals surface area (Å²) in [7, 11) is 0. The first kappa shape index (κ1) is 10.4. The summed E-state index contributed by atoms with van der Waals surface area (Å²) in [6.07, 6.45) is 0.621. The van der Waals surface area contributed by atoms with Crippen LogP contribution < -0.4 is 11.1 Å². The lowest BCUT2D eigenvalue weighted by Crippen LogP contribution is -2.34. The first-order chi connectivity index (χ1) is 6.75. The SMILES string of the molecule is NC(C(=O)NCC=O)c1ccccc1. The number of carbonyl (C=O) groups excluding carboxylic acids is 2. The minimum Gasteiger partial charge on any atom is -0.348 e. The van der Waals surface area contributed by atoms with Gasteiger partial charge < -0.3 is 15.8 Å². The maximum absolute atomic E-state index is 11.3. The Balaban J connectivity index is 2.61. The first-order valence-corrected chi connectivity index (χ1v) is 4.27. The zero-order chi connectivity index (χ0) is 10.4. The topological polar surface area (TPSA) is 72.2 Å². The molecule has 0 bridgehead atoms. The summed E-state index contributed by atoms with van der Waals surface area (Å²) in [6, 6.07) is 8.29. The summed E-state index contributed by atoms with van der Waals surface area (Å²) in [5.74, 6) is -0.344. The van der Waals surface area contributed by atoms with Crippen LogP contribution in [0.2, 0.25) is 0 Å². The van der Waals surface area contributed by atoms with E-state index in [2.05, 4.69) is 5.32 Å². The highest BCUT2D eigenvalue weighted by atomic mass is 16.2. The van der Waals surface area contributed by atoms with Crippen LogP contribution in [0.4, 0.5) is 0 Å². The molecule has 4 heteroatoms. The molecule has 0 spiro atoms. The number of amides is 1. The van der Waals surface area contributed by atoms with Crippen molar-refractivity contribution in [1.29, 1.82) is 0 Å². The monoisotopic (exact) mass is 192 g/mol. The van der Waals surface area contributed by atoms with Gasteiger partial charge in [-0.1, -0.05) is 30.3 Å². The maximum atomic E-state index is 11.3. The zero-order valence-corrected chi connectivity index (χ0v) is 7.64. The van der Waals surface area contributed by atoms with E-state index in [0.717, 1.165) is 5.56 Å². The third kappa shape index (κ3) is 2.67. The smallest absolute Gasteiger partial charge is 0.241 e. The third-order valence-corrected chi connectivity index (χ3v) is 1.80. The van der Waals surface area contributed by atoms with Crippen LogP contribution >= 0.6 is 0 Å². The minimum absolute atomic E-state index is 0.000628. The predicted octanol–water partition coefficient (Wildman–Crippen LogP) is 0.00150. The number of nitrogens with two attached hydrogens (primary N) is 1. The van der Waals surface area contributed by atoms with E-state index in [1.165, 1.54) is 0 Å². The van der Waals surface area contributed by atoms with Crippen LogP contribution in [-0.2, 0) is 9.59 Å². The molecule has 1 aromatic rings. The molecule has 0 aliphatic rings. The third-order valence-electron chi connectivity index (χ3n) is 1.80. The highest BCUT2D eigenvalue weighted by molar-refractivity contribution is 5.84. The second-order valence-corrected chi connectivity index (χ2v) is 2.80. The zero-order valence-electron chi connectivity index (χ0n) is 7.64. The fourth-order valence-electron chi connectivity index (χ4n) is 1.06. The molecule has 1 amide bonds. The number of carbonyl (C=O) groups is 2. The first-order valence-electron chi connectivity index (χ1n) is 4.27. The molecule has 0 fully saturated rings. The Hall–Kier alpha value is -1.68. The molecule has 0 aliphatic carbocycles. The standard InChI is InChI=1S/C10H12N2O2/c11-9(10(14)12-6-7-13)8-4-2-1-3-5-8/h1-5,7,9H,6,11H2,(H,12,14). The number of hydrogen-bond donors (Lipinski definition) is 2. The van der Waals surface area contributed by atoms with E-state index in [1.807, 2.05) is 18.2 Å². The molecule has 0 heterocycles. The van der Waals surface area contributed by atoms with E-state index in [4.69, 9.17) is 5.73 Å². The van der Waals surface area contributed by atoms with Gasteiger partial charge in [-0.25, -0.2) is 0 Å². The molecule has 0 aromatic heterocycles. The number of benzene rings is 1. The van der Waals surface area contributed by atoms with E-state index in [1.54, 1.807) is 12.1 Å². The van der Waals surface area contributed by atoms with Gasteiger partial charge in [-0.2, -0.15) is 0 Å². The van der Waals surface area contributed by atoms with Crippen molar-refractivity contribution in [3.8, 4) is 0 Å². The summed E-state index contributed by atoms with van der Waals surface area (Å²) < 4.78 is 0. The van der Waals surface area contributed by atoms with E-state index < -0.39 is 6.04 Å². The summed E-state index contributed by atoms with van der Waals surface area (Å²) in [5, 5.41) is 2.40. The number of rotatable bonds is 4. The van der Waals surface area contributed by atoms with Crippen LogP contribution in [0, 0.1) is 0 Å². The molecular formula is C10H12N2O2. The molecule has 0 saturated heterocycles. The van der Waals surface area contributed by atoms with Gasteiger partial charge in [-0.15, -0.1) is 0 Å². The van der Waals surface area contributed by atoms with Crippen molar-refractivity contribution >= 4 is 12.2 Å². The van der Waals surface area contributed by atoms with Gasteiger partial charge in [0.05, 0.1) is 6.54 Å². The number of aldehydes is 1. The average molecular weight is 192 g/mol. The van der Waals surface area contributed by atoms with Crippen molar-refractivity contribution in [2.75, 3.05) is 6.54 Å². The van der Waals surface area contributed by atoms with Crippen LogP contribution in [0.3, 0.4) is 0 Å². The molecule has 14 heavy (non-hydrogen) atoms. The normalized spacial score (nSPS) is 11.8. The Morgan fingerprint density at radius 3 is 2.64 bits per heavy atom. The Kier molecular flexibility index (Phi) is 3.82. The lowest BCUT2D eigenvalue weighted by atomic mass is 10.1. The van der Waals surface area contributed by atoms with Crippen LogP contribution in [0.15, 0.2) is 30.3 Å². The van der Waals surface area contributed by atoms with Crippen molar-refractivity contribution in [3.63, 3.8) is 0 Å². The number of nitrogens with one attached hydrogen (secondary N) is 1. The summed E-state index contributed by atoms with van der Waals surface area (Å²) >= 11 is 0. The van der Waals surface area contributed by atoms with Crippen LogP contribution in [-0.4, -0.2) is 18.7 Å². The lowest BCUT2D eigenvalue weighted by molar-refractivity contribution is -0.123. The Bertz CT molecular complexity index is 311. The van der Waals surface area contributed by atoms with Crippen LogP contribution in [0.1, 0.15) is 11.6 Å². The van der Waals surface area contributed by atoms with Crippen molar-refractivity contribution in [2.45, 2.75) is 6.04 Å². The van der Waals surface area contributed by atoms with Crippen molar-refractivity contribution in [1.82, 2.24) is 5.32 Å². The van der Waals surface area contributed by atoms with Gasteiger partial charge in [0.1, 0.15) is 12.3 Å². The Morgan fingerprint density at radius 2 is 2.07 bits per heavy atom. The molecule has 0 radical (unpaired) electrons. The van der Waals surface area contributed by atoms with Gasteiger partial charge in [0.25, 0.3) is 0 Å². The Morgan fingerprint density at radius 1 is 1.43 bits per heavy atom. The summed E-state index contributed by atoms with van der Waals surface area (Å²) in [5.41, 5.74) is 6.38. The summed E-state index contributed by atoms with van der Waals surface area (Å²) in [4.78, 5) is 21.3. The fourth-order valence-corrected chi connectivity index (χ4v) is 1.06. The van der Waals surface area contributed by atoms with Crippen LogP contribution in [0.25, 0.3) is 0 Å². The maximum Gasteiger partial charge on any atom is 0.241 e. The van der Waals surface area contributed by atoms with Gasteiger partial charge in [0.2, 0.25) is 5.91 Å². The molecule has 1 rings (SSSR count). The highest BCUT2D eigenvalue weighted by Gasteiger charge is 2.13. The molecular weight excluding hydrogens is 180 g/mol. The van der Waals surface area contributed by atoms with E-state index in [-0.39, 0.29) is 12.5 Å². The van der Waals surface area contributed by atoms with Gasteiger partial charge in [-0.3, -0.25) is 4.79 Å². The van der Waals surface area contributed by atoms with Crippen molar-refractivity contribution in [3.05, 3.63) is 35.9 Å². The van der Waals surface area contributed by atoms with Gasteiger partial charge in [0.15, 0.2) is 0 Å². The highest BCUT2D eigenvalue weighted by Crippen LogP contribution is 2.08. The van der Waals surface area contributed by atoms with Crippen molar-refractivity contribution in [2.24, 2.45) is 5.73 Å². The average Bonchev–Trinajstić information content (AvgIpc) is 2.26. The van der Waals surface area contributed by atoms with E-state index in [9.17, 15) is 9.59 Å². The molecule has 4 nitrogen and oxygen atoms in total. The predicted molar refractivity (Wildman–Crippen MR) is 52.4 cm³/mol. The molecule has 0 aliphatic heterocycles.